The summed E-state index contributed by atoms with van der Waals surface area (Å²) in [6, 6.07) is 16.2. The number of halogens is 1. The molecule has 9 heteroatoms. The Balaban J connectivity index is 1.59. The molecule has 1 fully saturated rings. The monoisotopic (exact) mass is 515 g/mol. The van der Waals surface area contributed by atoms with Crippen molar-refractivity contribution in [2.75, 3.05) is 17.8 Å². The molecule has 0 saturated carbocycles. The molecule has 2 aromatic carbocycles. The number of hydrogen-bond donors (Lipinski definition) is 0. The second kappa shape index (κ2) is 10.2. The number of ether oxygens (including phenoxy) is 1. The summed E-state index contributed by atoms with van der Waals surface area (Å²) >= 11 is 14.4. The van der Waals surface area contributed by atoms with Crippen LogP contribution in [0.1, 0.15) is 23.0 Å². The summed E-state index contributed by atoms with van der Waals surface area (Å²) < 4.78 is 11.4. The fourth-order valence-electron chi connectivity index (χ4n) is 3.20. The van der Waals surface area contributed by atoms with Gasteiger partial charge in [0.15, 0.2) is 4.32 Å². The smallest absolute Gasteiger partial charge is 0.339 e. The van der Waals surface area contributed by atoms with Gasteiger partial charge in [-0.1, -0.05) is 41.6 Å². The summed E-state index contributed by atoms with van der Waals surface area (Å²) in [5.41, 5.74) is 1.67. The standard InChI is InChI=1S/C24H18ClNO4S3/c1-3-29-23(28)18-11-14(7-9-19(18)25)20-10-8-16(30-20)13-21-22(27)26(24(31)33-21)15-5-4-6-17(12-15)32-2/h4-13H,3H2,1-2H3/b21-13+. The van der Waals surface area contributed by atoms with Gasteiger partial charge in [-0.2, -0.15) is 0 Å². The Labute approximate surface area is 210 Å². The summed E-state index contributed by atoms with van der Waals surface area (Å²) in [5, 5.41) is 0.304. The van der Waals surface area contributed by atoms with Crippen LogP contribution in [0.3, 0.4) is 0 Å². The number of benzene rings is 2. The van der Waals surface area contributed by atoms with E-state index in [0.29, 0.717) is 31.3 Å². The zero-order valence-electron chi connectivity index (χ0n) is 17.7. The molecule has 1 aliphatic heterocycles. The predicted octanol–water partition coefficient (Wildman–Crippen LogP) is 6.90. The van der Waals surface area contributed by atoms with Crippen LogP contribution in [0, 0.1) is 0 Å². The van der Waals surface area contributed by atoms with E-state index in [-0.39, 0.29) is 18.1 Å². The molecule has 0 radical (unpaired) electrons. The van der Waals surface area contributed by atoms with E-state index in [1.807, 2.05) is 30.5 Å². The van der Waals surface area contributed by atoms with Gasteiger partial charge in [0.25, 0.3) is 5.91 Å². The molecule has 3 aromatic rings. The highest BCUT2D eigenvalue weighted by atomic mass is 35.5. The van der Waals surface area contributed by atoms with E-state index in [1.165, 1.54) is 16.7 Å². The van der Waals surface area contributed by atoms with Crippen LogP contribution >= 0.6 is 47.3 Å². The molecular weight excluding hydrogens is 498 g/mol. The molecular formula is C24H18ClNO4S3. The van der Waals surface area contributed by atoms with Gasteiger partial charge in [-0.25, -0.2) is 4.79 Å². The second-order valence-corrected chi connectivity index (χ2v) is 9.80. The van der Waals surface area contributed by atoms with Gasteiger partial charge < -0.3 is 9.15 Å². The topological polar surface area (TPSA) is 59.8 Å². The van der Waals surface area contributed by atoms with Gasteiger partial charge in [0.05, 0.1) is 27.8 Å². The van der Waals surface area contributed by atoms with E-state index in [9.17, 15) is 9.59 Å². The van der Waals surface area contributed by atoms with Gasteiger partial charge in [-0.3, -0.25) is 9.69 Å². The minimum absolute atomic E-state index is 0.197. The number of thiocarbonyl (C=S) groups is 1. The number of rotatable bonds is 6. The Morgan fingerprint density at radius 1 is 1.24 bits per heavy atom. The zero-order chi connectivity index (χ0) is 23.5. The van der Waals surface area contributed by atoms with Crippen molar-refractivity contribution in [3.8, 4) is 11.3 Å². The molecule has 0 N–H and O–H groups in total. The molecule has 1 aliphatic rings. The number of esters is 1. The molecule has 0 aliphatic carbocycles. The molecule has 4 rings (SSSR count). The van der Waals surface area contributed by atoms with Crippen molar-refractivity contribution in [1.29, 1.82) is 0 Å². The number of nitrogens with zero attached hydrogens (tertiary/aromatic N) is 1. The van der Waals surface area contributed by atoms with Crippen LogP contribution in [0.15, 0.2) is 68.8 Å². The van der Waals surface area contributed by atoms with Crippen LogP contribution < -0.4 is 4.90 Å². The highest BCUT2D eigenvalue weighted by molar-refractivity contribution is 8.27. The number of hydrogen-bond acceptors (Lipinski definition) is 7. The van der Waals surface area contributed by atoms with Gasteiger partial charge >= 0.3 is 5.97 Å². The van der Waals surface area contributed by atoms with E-state index in [2.05, 4.69) is 0 Å². The fraction of sp³-hybridized carbons (Fsp3) is 0.125. The van der Waals surface area contributed by atoms with Crippen molar-refractivity contribution in [3.63, 3.8) is 0 Å². The van der Waals surface area contributed by atoms with Crippen molar-refractivity contribution in [1.82, 2.24) is 0 Å². The van der Waals surface area contributed by atoms with Crippen molar-refractivity contribution < 1.29 is 18.7 Å². The molecule has 0 unspecified atom stereocenters. The molecule has 33 heavy (non-hydrogen) atoms. The summed E-state index contributed by atoms with van der Waals surface area (Å²) in [6.07, 6.45) is 3.65. The van der Waals surface area contributed by atoms with E-state index in [1.54, 1.807) is 55.1 Å². The van der Waals surface area contributed by atoms with Crippen molar-refractivity contribution in [3.05, 3.63) is 75.8 Å². The van der Waals surface area contributed by atoms with E-state index < -0.39 is 5.97 Å². The van der Waals surface area contributed by atoms with Crippen molar-refractivity contribution in [2.45, 2.75) is 11.8 Å². The van der Waals surface area contributed by atoms with Crippen LogP contribution in [0.5, 0.6) is 0 Å². The van der Waals surface area contributed by atoms with Crippen LogP contribution in [0.4, 0.5) is 5.69 Å². The second-order valence-electron chi connectivity index (χ2n) is 6.84. The molecule has 1 saturated heterocycles. The average Bonchev–Trinajstić information content (AvgIpc) is 3.38. The minimum atomic E-state index is -0.495. The zero-order valence-corrected chi connectivity index (χ0v) is 20.9. The van der Waals surface area contributed by atoms with Crippen molar-refractivity contribution >= 4 is 75.3 Å². The molecule has 2 heterocycles. The molecule has 0 spiro atoms. The maximum atomic E-state index is 13.1. The molecule has 1 aromatic heterocycles. The number of furan rings is 1. The Hall–Kier alpha value is -2.52. The number of carbonyl (C=O) groups is 2. The molecule has 168 valence electrons. The van der Waals surface area contributed by atoms with Gasteiger partial charge in [0, 0.05) is 16.5 Å². The van der Waals surface area contributed by atoms with Crippen LogP contribution in [-0.4, -0.2) is 29.1 Å². The third kappa shape index (κ3) is 5.04. The number of carbonyl (C=O) groups excluding carboxylic acids is 2. The first-order valence-electron chi connectivity index (χ1n) is 9.90. The van der Waals surface area contributed by atoms with Crippen LogP contribution in [0.2, 0.25) is 5.02 Å². The third-order valence-electron chi connectivity index (χ3n) is 4.75. The van der Waals surface area contributed by atoms with Gasteiger partial charge in [-0.15, -0.1) is 11.8 Å². The number of anilines is 1. The van der Waals surface area contributed by atoms with Crippen molar-refractivity contribution in [2.24, 2.45) is 0 Å². The largest absolute Gasteiger partial charge is 0.462 e. The number of thioether (sulfide) groups is 2. The average molecular weight is 516 g/mol. The molecule has 0 atom stereocenters. The Bertz CT molecular complexity index is 1280. The summed E-state index contributed by atoms with van der Waals surface area (Å²) in [5.74, 6) is 0.338. The van der Waals surface area contributed by atoms with Gasteiger partial charge in [0.1, 0.15) is 11.5 Å². The number of amides is 1. The lowest BCUT2D eigenvalue weighted by Gasteiger charge is -2.15. The lowest BCUT2D eigenvalue weighted by Crippen LogP contribution is -2.27. The lowest BCUT2D eigenvalue weighted by molar-refractivity contribution is -0.113. The Kier molecular flexibility index (Phi) is 7.29. The Morgan fingerprint density at radius 3 is 2.82 bits per heavy atom. The fourth-order valence-corrected chi connectivity index (χ4v) is 5.13. The minimum Gasteiger partial charge on any atom is -0.462 e. The summed E-state index contributed by atoms with van der Waals surface area (Å²) in [6.45, 7) is 1.99. The maximum Gasteiger partial charge on any atom is 0.339 e. The Morgan fingerprint density at radius 2 is 2.06 bits per heavy atom. The van der Waals surface area contributed by atoms with E-state index in [0.717, 1.165) is 10.6 Å². The summed E-state index contributed by atoms with van der Waals surface area (Å²) in [4.78, 5) is 28.2. The van der Waals surface area contributed by atoms with Gasteiger partial charge in [-0.05, 0) is 61.7 Å². The maximum absolute atomic E-state index is 13.1. The predicted molar refractivity (Wildman–Crippen MR) is 139 cm³/mol. The lowest BCUT2D eigenvalue weighted by atomic mass is 10.1. The van der Waals surface area contributed by atoms with Gasteiger partial charge in [0.2, 0.25) is 0 Å². The van der Waals surface area contributed by atoms with Crippen LogP contribution in [-0.2, 0) is 9.53 Å². The SMILES string of the molecule is CCOC(=O)c1cc(-c2ccc(/C=C3/SC(=S)N(c4cccc(SC)c4)C3=O)o2)ccc1Cl. The normalized spacial score (nSPS) is 14.9. The summed E-state index contributed by atoms with van der Waals surface area (Å²) in [7, 11) is 0. The highest BCUT2D eigenvalue weighted by Crippen LogP contribution is 2.37. The molecule has 0 bridgehead atoms. The first kappa shape index (κ1) is 23.6. The first-order chi connectivity index (χ1) is 15.9. The van der Waals surface area contributed by atoms with E-state index in [4.69, 9.17) is 33.0 Å². The molecule has 5 nitrogen and oxygen atoms in total. The highest BCUT2D eigenvalue weighted by Gasteiger charge is 2.33. The molecule has 1 amide bonds. The first-order valence-corrected chi connectivity index (χ1v) is 12.7. The quantitative estimate of drug-likeness (QED) is 0.153. The van der Waals surface area contributed by atoms with Crippen LogP contribution in [0.25, 0.3) is 17.4 Å². The van der Waals surface area contributed by atoms with E-state index >= 15 is 0 Å². The third-order valence-corrected chi connectivity index (χ3v) is 7.11.